The molecule has 1 aromatic carbocycles. The largest absolute Gasteiger partial charge is 0.416 e. The Morgan fingerprint density at radius 2 is 1.93 bits per heavy atom. The summed E-state index contributed by atoms with van der Waals surface area (Å²) >= 11 is 0. The molecule has 2 saturated heterocycles. The van der Waals surface area contributed by atoms with E-state index in [0.29, 0.717) is 24.3 Å². The zero-order valence-corrected chi connectivity index (χ0v) is 14.7. The van der Waals surface area contributed by atoms with Crippen molar-refractivity contribution in [2.24, 2.45) is 0 Å². The van der Waals surface area contributed by atoms with E-state index in [1.165, 1.54) is 23.0 Å². The van der Waals surface area contributed by atoms with Crippen LogP contribution in [-0.4, -0.2) is 45.9 Å². The van der Waals surface area contributed by atoms with Crippen LogP contribution in [0.2, 0.25) is 0 Å². The third kappa shape index (κ3) is 3.58. The highest BCUT2D eigenvalue weighted by Gasteiger charge is 2.42. The average molecular weight is 379 g/mol. The first-order chi connectivity index (χ1) is 12.9. The van der Waals surface area contributed by atoms with Gasteiger partial charge in [-0.25, -0.2) is 4.68 Å². The molecule has 1 spiro atoms. The quantitative estimate of drug-likeness (QED) is 0.800. The lowest BCUT2D eigenvalue weighted by Crippen LogP contribution is -2.40. The van der Waals surface area contributed by atoms with Crippen molar-refractivity contribution in [3.63, 3.8) is 0 Å². The molecule has 2 aliphatic heterocycles. The molecule has 0 bridgehead atoms. The molecule has 2 fully saturated rings. The van der Waals surface area contributed by atoms with Crippen molar-refractivity contribution in [3.8, 4) is 5.69 Å². The first-order valence-corrected chi connectivity index (χ1v) is 9.02. The van der Waals surface area contributed by atoms with Gasteiger partial charge < -0.3 is 9.64 Å². The molecular formula is C19H20F3N3O2. The zero-order valence-electron chi connectivity index (χ0n) is 14.7. The number of halogens is 3. The van der Waals surface area contributed by atoms with Crippen LogP contribution < -0.4 is 0 Å². The monoisotopic (exact) mass is 379 g/mol. The minimum Gasteiger partial charge on any atom is -0.373 e. The summed E-state index contributed by atoms with van der Waals surface area (Å²) in [7, 11) is 0. The number of carbonyl (C=O) groups excluding carboxylic acids is 1. The van der Waals surface area contributed by atoms with Crippen LogP contribution in [0, 0.1) is 0 Å². The Hall–Kier alpha value is -2.35. The Morgan fingerprint density at radius 1 is 1.15 bits per heavy atom. The first kappa shape index (κ1) is 18.0. The highest BCUT2D eigenvalue weighted by Crippen LogP contribution is 2.34. The summed E-state index contributed by atoms with van der Waals surface area (Å²) in [5.41, 5.74) is -0.0417. The van der Waals surface area contributed by atoms with Gasteiger partial charge in [0.05, 0.1) is 35.2 Å². The van der Waals surface area contributed by atoms with Crippen LogP contribution in [0.3, 0.4) is 0 Å². The molecule has 0 N–H and O–H groups in total. The molecule has 3 heterocycles. The van der Waals surface area contributed by atoms with E-state index in [0.717, 1.165) is 44.4 Å². The summed E-state index contributed by atoms with van der Waals surface area (Å²) in [5.74, 6) is -0.126. The van der Waals surface area contributed by atoms with E-state index in [9.17, 15) is 18.0 Å². The Labute approximate surface area is 154 Å². The molecule has 2 aliphatic rings. The van der Waals surface area contributed by atoms with Crippen molar-refractivity contribution in [1.82, 2.24) is 14.7 Å². The minimum atomic E-state index is -4.38. The fourth-order valence-electron chi connectivity index (χ4n) is 3.81. The number of ether oxygens (including phenoxy) is 1. The van der Waals surface area contributed by atoms with Crippen LogP contribution in [0.15, 0.2) is 36.7 Å². The highest BCUT2D eigenvalue weighted by molar-refractivity contribution is 5.94. The van der Waals surface area contributed by atoms with Gasteiger partial charge in [0.25, 0.3) is 5.91 Å². The van der Waals surface area contributed by atoms with Crippen LogP contribution in [-0.2, 0) is 10.9 Å². The third-order valence-electron chi connectivity index (χ3n) is 5.33. The summed E-state index contributed by atoms with van der Waals surface area (Å²) < 4.78 is 45.4. The van der Waals surface area contributed by atoms with Crippen molar-refractivity contribution >= 4 is 5.91 Å². The number of hydrogen-bond donors (Lipinski definition) is 0. The van der Waals surface area contributed by atoms with E-state index in [1.54, 1.807) is 11.1 Å². The number of likely N-dealkylation sites (tertiary alicyclic amines) is 1. The maximum absolute atomic E-state index is 12.8. The lowest BCUT2D eigenvalue weighted by molar-refractivity contribution is -0.137. The number of benzene rings is 1. The van der Waals surface area contributed by atoms with Gasteiger partial charge in [0.1, 0.15) is 0 Å². The van der Waals surface area contributed by atoms with E-state index >= 15 is 0 Å². The predicted molar refractivity (Wildman–Crippen MR) is 91.6 cm³/mol. The molecule has 0 radical (unpaired) electrons. The van der Waals surface area contributed by atoms with Crippen LogP contribution in [0.25, 0.3) is 5.69 Å². The van der Waals surface area contributed by atoms with E-state index in [2.05, 4.69) is 5.10 Å². The summed E-state index contributed by atoms with van der Waals surface area (Å²) in [4.78, 5) is 14.5. The van der Waals surface area contributed by atoms with E-state index in [1.807, 2.05) is 0 Å². The predicted octanol–water partition coefficient (Wildman–Crippen LogP) is 3.68. The third-order valence-corrected chi connectivity index (χ3v) is 5.33. The number of nitrogens with zero attached hydrogens (tertiary/aromatic N) is 3. The summed E-state index contributed by atoms with van der Waals surface area (Å²) in [5, 5.41) is 4.13. The highest BCUT2D eigenvalue weighted by atomic mass is 19.4. The Balaban J connectivity index is 1.47. The lowest BCUT2D eigenvalue weighted by Gasteiger charge is -2.33. The SMILES string of the molecule is O=C(c1cnn(-c2ccc(C(F)(F)F)cc2)c1)N1CCC2(CCCCO2)C1. The molecule has 1 atom stereocenters. The van der Waals surface area contributed by atoms with Gasteiger partial charge in [-0.1, -0.05) is 0 Å². The molecule has 4 rings (SSSR count). The van der Waals surface area contributed by atoms with Crippen molar-refractivity contribution in [2.45, 2.75) is 37.5 Å². The second-order valence-electron chi connectivity index (χ2n) is 7.18. The fraction of sp³-hybridized carbons (Fsp3) is 0.474. The molecule has 1 amide bonds. The number of hydrogen-bond acceptors (Lipinski definition) is 3. The molecule has 1 unspecified atom stereocenters. The van der Waals surface area contributed by atoms with Crippen molar-refractivity contribution in [2.75, 3.05) is 19.7 Å². The average Bonchev–Trinajstić information content (AvgIpc) is 3.29. The summed E-state index contributed by atoms with van der Waals surface area (Å²) in [6, 6.07) is 4.68. The number of amides is 1. The molecule has 27 heavy (non-hydrogen) atoms. The molecule has 1 aromatic heterocycles. The second-order valence-corrected chi connectivity index (χ2v) is 7.18. The molecule has 0 aliphatic carbocycles. The van der Waals surface area contributed by atoms with Gasteiger partial charge in [-0.3, -0.25) is 4.79 Å². The Morgan fingerprint density at radius 3 is 2.59 bits per heavy atom. The lowest BCUT2D eigenvalue weighted by atomic mass is 9.93. The van der Waals surface area contributed by atoms with Gasteiger partial charge in [0.15, 0.2) is 0 Å². The summed E-state index contributed by atoms with van der Waals surface area (Å²) in [6.07, 6.45) is 2.62. The fourth-order valence-corrected chi connectivity index (χ4v) is 3.81. The van der Waals surface area contributed by atoms with Crippen molar-refractivity contribution in [1.29, 1.82) is 0 Å². The van der Waals surface area contributed by atoms with Gasteiger partial charge in [-0.05, 0) is 49.9 Å². The first-order valence-electron chi connectivity index (χ1n) is 9.02. The van der Waals surface area contributed by atoms with Gasteiger partial charge in [-0.15, -0.1) is 0 Å². The summed E-state index contributed by atoms with van der Waals surface area (Å²) in [6.45, 7) is 1.97. The number of rotatable bonds is 2. The van der Waals surface area contributed by atoms with Crippen molar-refractivity contribution in [3.05, 3.63) is 47.8 Å². The van der Waals surface area contributed by atoms with Gasteiger partial charge in [-0.2, -0.15) is 18.3 Å². The normalized spacial score (nSPS) is 23.1. The van der Waals surface area contributed by atoms with Crippen LogP contribution in [0.4, 0.5) is 13.2 Å². The zero-order chi connectivity index (χ0) is 19.1. The number of alkyl halides is 3. The van der Waals surface area contributed by atoms with Gasteiger partial charge in [0, 0.05) is 19.3 Å². The number of aromatic nitrogens is 2. The minimum absolute atomic E-state index is 0.126. The molecular weight excluding hydrogens is 359 g/mol. The molecule has 2 aromatic rings. The maximum atomic E-state index is 12.8. The Kier molecular flexibility index (Phi) is 4.46. The van der Waals surface area contributed by atoms with E-state index in [-0.39, 0.29) is 11.5 Å². The topological polar surface area (TPSA) is 47.4 Å². The van der Waals surface area contributed by atoms with Gasteiger partial charge >= 0.3 is 6.18 Å². The van der Waals surface area contributed by atoms with Crippen molar-refractivity contribution < 1.29 is 22.7 Å². The van der Waals surface area contributed by atoms with E-state index in [4.69, 9.17) is 4.74 Å². The molecule has 8 heteroatoms. The standard InChI is InChI=1S/C19H20F3N3O2/c20-19(21,22)15-3-5-16(6-4-15)25-12-14(11-23-25)17(26)24-9-8-18(13-24)7-1-2-10-27-18/h3-6,11-12H,1-2,7-10,13H2. The smallest absolute Gasteiger partial charge is 0.373 e. The Bertz CT molecular complexity index is 823. The van der Waals surface area contributed by atoms with E-state index < -0.39 is 11.7 Å². The molecule has 144 valence electrons. The van der Waals surface area contributed by atoms with Crippen LogP contribution >= 0.6 is 0 Å². The maximum Gasteiger partial charge on any atom is 0.416 e. The second kappa shape index (κ2) is 6.67. The molecule has 0 saturated carbocycles. The molecule has 5 nitrogen and oxygen atoms in total. The number of carbonyl (C=O) groups is 1. The van der Waals surface area contributed by atoms with Crippen LogP contribution in [0.1, 0.15) is 41.6 Å². The van der Waals surface area contributed by atoms with Crippen LogP contribution in [0.5, 0.6) is 0 Å². The van der Waals surface area contributed by atoms with Gasteiger partial charge in [0.2, 0.25) is 0 Å².